The predicted octanol–water partition coefficient (Wildman–Crippen LogP) is 2.45. The van der Waals surface area contributed by atoms with Gasteiger partial charge in [-0.25, -0.2) is 4.99 Å². The van der Waals surface area contributed by atoms with Crippen LogP contribution in [0.4, 0.5) is 0 Å². The van der Waals surface area contributed by atoms with Gasteiger partial charge >= 0.3 is 0 Å². The van der Waals surface area contributed by atoms with Crippen molar-refractivity contribution in [3.05, 3.63) is 23.0 Å². The van der Waals surface area contributed by atoms with Crippen molar-refractivity contribution >= 4 is 34.1 Å². The van der Waals surface area contributed by atoms with Gasteiger partial charge in [0.25, 0.3) is 0 Å². The molecule has 0 radical (unpaired) electrons. The van der Waals surface area contributed by atoms with Gasteiger partial charge < -0.3 is 0 Å². The van der Waals surface area contributed by atoms with Gasteiger partial charge in [0.2, 0.25) is 0 Å². The molecule has 2 rings (SSSR count). The van der Waals surface area contributed by atoms with Crippen LogP contribution in [0, 0.1) is 0 Å². The standard InChI is InChI=1S/C7H4Cl2N2/c8-6-3-5-4(1-2-10-5)7(9)11-6/h1-2H,3H2. The minimum atomic E-state index is 0.439. The summed E-state index contributed by atoms with van der Waals surface area (Å²) in [5.41, 5.74) is 1.81. The Morgan fingerprint density at radius 3 is 3.00 bits per heavy atom. The van der Waals surface area contributed by atoms with Crippen molar-refractivity contribution in [3.8, 4) is 0 Å². The molecule has 0 bridgehead atoms. The van der Waals surface area contributed by atoms with E-state index in [0.717, 1.165) is 11.3 Å². The van der Waals surface area contributed by atoms with Crippen LogP contribution in [0.1, 0.15) is 6.42 Å². The van der Waals surface area contributed by atoms with Gasteiger partial charge in [-0.15, -0.1) is 0 Å². The lowest BCUT2D eigenvalue weighted by atomic mass is 10.1. The molecule has 0 saturated carbocycles. The van der Waals surface area contributed by atoms with Gasteiger partial charge in [0.05, 0.1) is 5.71 Å². The van der Waals surface area contributed by atoms with E-state index >= 15 is 0 Å². The molecule has 11 heavy (non-hydrogen) atoms. The van der Waals surface area contributed by atoms with Gasteiger partial charge in [0.1, 0.15) is 10.3 Å². The highest BCUT2D eigenvalue weighted by Gasteiger charge is 2.19. The van der Waals surface area contributed by atoms with Crippen LogP contribution in [0.5, 0.6) is 0 Å². The van der Waals surface area contributed by atoms with Gasteiger partial charge in [-0.2, -0.15) is 0 Å². The zero-order valence-electron chi connectivity index (χ0n) is 5.51. The first-order valence-corrected chi connectivity index (χ1v) is 3.89. The molecule has 0 aromatic heterocycles. The highest BCUT2D eigenvalue weighted by molar-refractivity contribution is 6.68. The molecule has 0 N–H and O–H groups in total. The first-order valence-electron chi connectivity index (χ1n) is 3.14. The molecule has 2 aliphatic heterocycles. The molecule has 2 nitrogen and oxygen atoms in total. The van der Waals surface area contributed by atoms with E-state index in [2.05, 4.69) is 9.98 Å². The van der Waals surface area contributed by atoms with Crippen molar-refractivity contribution in [3.63, 3.8) is 0 Å². The molecule has 2 aliphatic rings. The third-order valence-corrected chi connectivity index (χ3v) is 2.04. The van der Waals surface area contributed by atoms with Crippen molar-refractivity contribution in [1.29, 1.82) is 0 Å². The smallest absolute Gasteiger partial charge is 0.139 e. The molecular weight excluding hydrogens is 183 g/mol. The van der Waals surface area contributed by atoms with Crippen molar-refractivity contribution in [2.45, 2.75) is 6.42 Å². The van der Waals surface area contributed by atoms with E-state index in [9.17, 15) is 0 Å². The molecule has 56 valence electrons. The average Bonchev–Trinajstić information content (AvgIpc) is 2.34. The van der Waals surface area contributed by atoms with E-state index in [1.54, 1.807) is 6.20 Å². The number of halogens is 2. The third kappa shape index (κ3) is 1.12. The lowest BCUT2D eigenvalue weighted by Gasteiger charge is -2.08. The summed E-state index contributed by atoms with van der Waals surface area (Å²) in [5.74, 6) is 0. The van der Waals surface area contributed by atoms with E-state index in [4.69, 9.17) is 23.2 Å². The first-order chi connectivity index (χ1) is 5.27. The van der Waals surface area contributed by atoms with Gasteiger partial charge in [-0.1, -0.05) is 23.2 Å². The van der Waals surface area contributed by atoms with Gasteiger partial charge in [0.15, 0.2) is 0 Å². The Kier molecular flexibility index (Phi) is 1.59. The number of rotatable bonds is 0. The Morgan fingerprint density at radius 1 is 1.36 bits per heavy atom. The quantitative estimate of drug-likeness (QED) is 0.520. The van der Waals surface area contributed by atoms with Crippen molar-refractivity contribution in [1.82, 2.24) is 0 Å². The van der Waals surface area contributed by atoms with Gasteiger partial charge in [0, 0.05) is 18.2 Å². The lowest BCUT2D eigenvalue weighted by Crippen LogP contribution is -2.08. The summed E-state index contributed by atoms with van der Waals surface area (Å²) in [6, 6.07) is 0. The number of fused-ring (bicyclic) bond motifs is 1. The number of nitrogens with zero attached hydrogens (tertiary/aromatic N) is 2. The summed E-state index contributed by atoms with van der Waals surface area (Å²) in [7, 11) is 0. The second-order valence-corrected chi connectivity index (χ2v) is 3.06. The van der Waals surface area contributed by atoms with Gasteiger partial charge in [-0.05, 0) is 6.08 Å². The molecule has 0 saturated heterocycles. The molecule has 0 aliphatic carbocycles. The summed E-state index contributed by atoms with van der Waals surface area (Å²) >= 11 is 11.5. The number of hydrogen-bond donors (Lipinski definition) is 0. The summed E-state index contributed by atoms with van der Waals surface area (Å²) < 4.78 is 0. The first kappa shape index (κ1) is 7.07. The van der Waals surface area contributed by atoms with Crippen LogP contribution in [0.3, 0.4) is 0 Å². The van der Waals surface area contributed by atoms with E-state index in [-0.39, 0.29) is 0 Å². The number of aliphatic imine (C=N–C) groups is 2. The largest absolute Gasteiger partial charge is 0.260 e. The Balaban J connectivity index is 2.51. The molecular formula is C7H4Cl2N2. The Hall–Kier alpha value is -0.600. The van der Waals surface area contributed by atoms with E-state index in [0.29, 0.717) is 16.7 Å². The molecule has 2 heterocycles. The monoisotopic (exact) mass is 186 g/mol. The molecule has 0 unspecified atom stereocenters. The topological polar surface area (TPSA) is 24.7 Å². The molecule has 0 aromatic carbocycles. The number of allylic oxidation sites excluding steroid dienone is 2. The van der Waals surface area contributed by atoms with Gasteiger partial charge in [-0.3, -0.25) is 4.99 Å². The van der Waals surface area contributed by atoms with Crippen LogP contribution in [0.15, 0.2) is 33.0 Å². The number of hydrogen-bond acceptors (Lipinski definition) is 2. The SMILES string of the molecule is ClC1=NC(Cl)=C2C=CN=C2C1. The summed E-state index contributed by atoms with van der Waals surface area (Å²) in [4.78, 5) is 8.01. The predicted molar refractivity (Wildman–Crippen MR) is 47.4 cm³/mol. The van der Waals surface area contributed by atoms with Crippen LogP contribution in [-0.2, 0) is 0 Å². The van der Waals surface area contributed by atoms with Crippen molar-refractivity contribution in [2.24, 2.45) is 9.98 Å². The fourth-order valence-corrected chi connectivity index (χ4v) is 1.57. The maximum absolute atomic E-state index is 5.79. The van der Waals surface area contributed by atoms with E-state index in [1.807, 2.05) is 6.08 Å². The summed E-state index contributed by atoms with van der Waals surface area (Å²) in [6.45, 7) is 0. The minimum Gasteiger partial charge on any atom is -0.260 e. The molecule has 0 fully saturated rings. The second-order valence-electron chi connectivity index (χ2n) is 2.26. The third-order valence-electron chi connectivity index (χ3n) is 1.54. The van der Waals surface area contributed by atoms with Crippen LogP contribution in [0.2, 0.25) is 0 Å². The minimum absolute atomic E-state index is 0.439. The molecule has 4 heteroatoms. The Morgan fingerprint density at radius 2 is 2.18 bits per heavy atom. The van der Waals surface area contributed by atoms with Crippen LogP contribution >= 0.6 is 23.2 Å². The summed E-state index contributed by atoms with van der Waals surface area (Å²) in [6.07, 6.45) is 4.14. The average molecular weight is 187 g/mol. The van der Waals surface area contributed by atoms with Crippen LogP contribution in [-0.4, -0.2) is 10.9 Å². The second kappa shape index (κ2) is 2.47. The highest BCUT2D eigenvalue weighted by atomic mass is 35.5. The zero-order chi connectivity index (χ0) is 7.84. The Bertz CT molecular complexity index is 323. The summed E-state index contributed by atoms with van der Waals surface area (Å²) in [5, 5.41) is 0.940. The molecule has 0 atom stereocenters. The lowest BCUT2D eigenvalue weighted by molar-refractivity contribution is 1.38. The van der Waals surface area contributed by atoms with Crippen LogP contribution < -0.4 is 0 Å². The molecule has 0 aromatic rings. The van der Waals surface area contributed by atoms with Crippen molar-refractivity contribution in [2.75, 3.05) is 0 Å². The normalized spacial score (nSPS) is 21.6. The maximum Gasteiger partial charge on any atom is 0.139 e. The highest BCUT2D eigenvalue weighted by Crippen LogP contribution is 2.25. The van der Waals surface area contributed by atoms with E-state index < -0.39 is 0 Å². The van der Waals surface area contributed by atoms with Crippen LogP contribution in [0.25, 0.3) is 0 Å². The Labute approximate surface area is 73.9 Å². The van der Waals surface area contributed by atoms with E-state index in [1.165, 1.54) is 0 Å². The fourth-order valence-electron chi connectivity index (χ4n) is 1.04. The molecule has 0 amide bonds. The maximum atomic E-state index is 5.79. The molecule has 0 spiro atoms. The fraction of sp³-hybridized carbons (Fsp3) is 0.143. The van der Waals surface area contributed by atoms with Crippen molar-refractivity contribution < 1.29 is 0 Å². The zero-order valence-corrected chi connectivity index (χ0v) is 7.02.